The first-order valence-corrected chi connectivity index (χ1v) is 8.67. The van der Waals surface area contributed by atoms with E-state index in [1.165, 1.54) is 36.4 Å². The van der Waals surface area contributed by atoms with E-state index in [0.29, 0.717) is 0 Å². The lowest BCUT2D eigenvalue weighted by molar-refractivity contribution is -0.185. The first-order valence-electron chi connectivity index (χ1n) is 8.67. The molecule has 0 saturated heterocycles. The number of benzene rings is 2. The van der Waals surface area contributed by atoms with Crippen molar-refractivity contribution >= 4 is 11.9 Å². The fourth-order valence-electron chi connectivity index (χ4n) is 2.91. The Kier molecular flexibility index (Phi) is 5.89. The van der Waals surface area contributed by atoms with Crippen molar-refractivity contribution in [1.82, 2.24) is 0 Å². The molecule has 0 heterocycles. The summed E-state index contributed by atoms with van der Waals surface area (Å²) in [5.74, 6) is -1.56. The molecule has 7 heteroatoms. The molecule has 1 aliphatic rings. The molecule has 0 aromatic heterocycles. The Bertz CT molecular complexity index is 850. The van der Waals surface area contributed by atoms with Gasteiger partial charge in [0.05, 0.1) is 11.1 Å². The molecule has 0 saturated carbocycles. The number of hydrogen-bond donors (Lipinski definition) is 3. The van der Waals surface area contributed by atoms with Crippen molar-refractivity contribution in [3.63, 3.8) is 0 Å². The van der Waals surface area contributed by atoms with Crippen LogP contribution in [0.15, 0.2) is 72.8 Å². The van der Waals surface area contributed by atoms with Crippen LogP contribution in [0, 0.1) is 0 Å². The molecule has 1 aliphatic carbocycles. The summed E-state index contributed by atoms with van der Waals surface area (Å²) in [6.45, 7) is -0.650. The summed E-state index contributed by atoms with van der Waals surface area (Å²) in [6.07, 6.45) is -2.25. The average molecular weight is 384 g/mol. The summed E-state index contributed by atoms with van der Waals surface area (Å²) in [6, 6.07) is 16.1. The third kappa shape index (κ3) is 3.96. The van der Waals surface area contributed by atoms with Crippen molar-refractivity contribution in [2.24, 2.45) is 0 Å². The van der Waals surface area contributed by atoms with Gasteiger partial charge in [0, 0.05) is 0 Å². The molecule has 7 nitrogen and oxygen atoms in total. The molecule has 0 fully saturated rings. The summed E-state index contributed by atoms with van der Waals surface area (Å²) in [5.41, 5.74) is -1.63. The zero-order chi connectivity index (χ0) is 20.1. The van der Waals surface area contributed by atoms with Crippen molar-refractivity contribution in [3.05, 3.63) is 83.9 Å². The molecule has 2 aromatic carbocycles. The first-order chi connectivity index (χ1) is 13.4. The summed E-state index contributed by atoms with van der Waals surface area (Å²) in [5, 5.41) is 31.0. The highest BCUT2D eigenvalue weighted by Gasteiger charge is 2.53. The molecule has 3 rings (SSSR count). The third-order valence-corrected chi connectivity index (χ3v) is 4.55. The second kappa shape index (κ2) is 8.35. The molecule has 0 radical (unpaired) electrons. The van der Waals surface area contributed by atoms with E-state index in [9.17, 15) is 24.9 Å². The van der Waals surface area contributed by atoms with Gasteiger partial charge in [-0.1, -0.05) is 48.6 Å². The minimum atomic E-state index is -2.06. The Hall–Kier alpha value is -3.00. The number of hydrogen-bond acceptors (Lipinski definition) is 7. The lowest BCUT2D eigenvalue weighted by Gasteiger charge is -2.42. The number of aliphatic hydroxyl groups is 3. The van der Waals surface area contributed by atoms with Gasteiger partial charge in [-0.05, 0) is 24.3 Å². The maximum atomic E-state index is 12.5. The van der Waals surface area contributed by atoms with Crippen molar-refractivity contribution in [2.45, 2.75) is 23.9 Å². The fourth-order valence-corrected chi connectivity index (χ4v) is 2.91. The Morgan fingerprint density at radius 2 is 1.36 bits per heavy atom. The molecule has 28 heavy (non-hydrogen) atoms. The largest absolute Gasteiger partial charge is 0.458 e. The lowest BCUT2D eigenvalue weighted by Crippen LogP contribution is -2.63. The zero-order valence-electron chi connectivity index (χ0n) is 14.8. The summed E-state index contributed by atoms with van der Waals surface area (Å²) < 4.78 is 10.6. The second-order valence-electron chi connectivity index (χ2n) is 6.42. The highest BCUT2D eigenvalue weighted by Crippen LogP contribution is 2.31. The van der Waals surface area contributed by atoms with Gasteiger partial charge in [0.25, 0.3) is 0 Å². The van der Waals surface area contributed by atoms with Crippen LogP contribution in [0.25, 0.3) is 0 Å². The molecule has 2 aromatic rings. The van der Waals surface area contributed by atoms with Crippen LogP contribution >= 0.6 is 0 Å². The van der Waals surface area contributed by atoms with E-state index in [0.717, 1.165) is 0 Å². The van der Waals surface area contributed by atoms with E-state index in [4.69, 9.17) is 9.47 Å². The number of ether oxygens (including phenoxy) is 2. The monoisotopic (exact) mass is 384 g/mol. The summed E-state index contributed by atoms with van der Waals surface area (Å²) in [7, 11) is 0. The van der Waals surface area contributed by atoms with Crippen molar-refractivity contribution < 1.29 is 34.4 Å². The van der Waals surface area contributed by atoms with Crippen LogP contribution in [0.5, 0.6) is 0 Å². The number of esters is 2. The number of rotatable bonds is 5. The van der Waals surface area contributed by atoms with Crippen LogP contribution in [0.4, 0.5) is 0 Å². The molecule has 4 atom stereocenters. The molecule has 0 unspecified atom stereocenters. The van der Waals surface area contributed by atoms with Gasteiger partial charge in [0.2, 0.25) is 5.60 Å². The summed E-state index contributed by atoms with van der Waals surface area (Å²) in [4.78, 5) is 24.8. The first kappa shape index (κ1) is 19.8. The van der Waals surface area contributed by atoms with Crippen molar-refractivity contribution in [1.29, 1.82) is 0 Å². The van der Waals surface area contributed by atoms with Crippen LogP contribution in [-0.2, 0) is 9.47 Å². The van der Waals surface area contributed by atoms with Gasteiger partial charge in [0.15, 0.2) is 0 Å². The smallest absolute Gasteiger partial charge is 0.339 e. The standard InChI is InChI=1S/C21H20O7/c22-16-11-12-17(23)21(18(16)24,28-20(26)15-9-5-2-6-10-15)13-27-19(25)14-7-3-1-4-8-14/h1-12,16-18,22-24H,13H2/t16-,17-,18+,21+/m1/s1. The maximum absolute atomic E-state index is 12.5. The Morgan fingerprint density at radius 1 is 0.821 bits per heavy atom. The van der Waals surface area contributed by atoms with Gasteiger partial charge in [0.1, 0.15) is 24.9 Å². The van der Waals surface area contributed by atoms with E-state index in [1.807, 2.05) is 0 Å². The Balaban J connectivity index is 1.86. The quantitative estimate of drug-likeness (QED) is 0.522. The summed E-state index contributed by atoms with van der Waals surface area (Å²) >= 11 is 0. The number of carbonyl (C=O) groups is 2. The van der Waals surface area contributed by atoms with Gasteiger partial charge >= 0.3 is 11.9 Å². The fraction of sp³-hybridized carbons (Fsp3) is 0.238. The van der Waals surface area contributed by atoms with Crippen LogP contribution in [0.3, 0.4) is 0 Å². The van der Waals surface area contributed by atoms with Crippen LogP contribution < -0.4 is 0 Å². The topological polar surface area (TPSA) is 113 Å². The molecule has 3 N–H and O–H groups in total. The van der Waals surface area contributed by atoms with Crippen molar-refractivity contribution in [2.75, 3.05) is 6.61 Å². The Morgan fingerprint density at radius 3 is 1.93 bits per heavy atom. The van der Waals surface area contributed by atoms with Gasteiger partial charge in [-0.2, -0.15) is 0 Å². The zero-order valence-corrected chi connectivity index (χ0v) is 14.8. The Labute approximate surface area is 161 Å². The highest BCUT2D eigenvalue weighted by molar-refractivity contribution is 5.90. The van der Waals surface area contributed by atoms with E-state index < -0.39 is 42.5 Å². The van der Waals surface area contributed by atoms with E-state index in [-0.39, 0.29) is 11.1 Å². The molecular formula is C21H20O7. The van der Waals surface area contributed by atoms with Gasteiger partial charge in [-0.25, -0.2) is 9.59 Å². The van der Waals surface area contributed by atoms with Crippen molar-refractivity contribution in [3.8, 4) is 0 Å². The normalized spacial score (nSPS) is 26.5. The predicted molar refractivity (Wildman–Crippen MR) is 98.5 cm³/mol. The lowest BCUT2D eigenvalue weighted by atomic mass is 9.82. The third-order valence-electron chi connectivity index (χ3n) is 4.55. The minimum absolute atomic E-state index is 0.180. The highest BCUT2D eigenvalue weighted by atomic mass is 16.6. The van der Waals surface area contributed by atoms with Gasteiger partial charge < -0.3 is 24.8 Å². The van der Waals surface area contributed by atoms with Crippen LogP contribution in [-0.4, -0.2) is 57.8 Å². The molecule has 146 valence electrons. The second-order valence-corrected chi connectivity index (χ2v) is 6.42. The van der Waals surface area contributed by atoms with Gasteiger partial charge in [-0.15, -0.1) is 0 Å². The van der Waals surface area contributed by atoms with Crippen LogP contribution in [0.1, 0.15) is 20.7 Å². The van der Waals surface area contributed by atoms with E-state index >= 15 is 0 Å². The number of aliphatic hydroxyl groups excluding tert-OH is 3. The predicted octanol–water partition coefficient (Wildman–Crippen LogP) is 1.09. The maximum Gasteiger partial charge on any atom is 0.339 e. The van der Waals surface area contributed by atoms with E-state index in [2.05, 4.69) is 0 Å². The van der Waals surface area contributed by atoms with Crippen LogP contribution in [0.2, 0.25) is 0 Å². The minimum Gasteiger partial charge on any atom is -0.458 e. The molecule has 0 bridgehead atoms. The molecule has 0 aliphatic heterocycles. The SMILES string of the molecule is O=C(OC[C@]1(OC(=O)c2ccccc2)[C@H](O)C=C[C@@H](O)[C@@H]1O)c1ccccc1. The molecule has 0 amide bonds. The molecular weight excluding hydrogens is 364 g/mol. The number of carbonyl (C=O) groups excluding carboxylic acids is 2. The molecule has 0 spiro atoms. The van der Waals surface area contributed by atoms with Gasteiger partial charge in [-0.3, -0.25) is 0 Å². The van der Waals surface area contributed by atoms with E-state index in [1.54, 1.807) is 36.4 Å². The average Bonchev–Trinajstić information content (AvgIpc) is 2.74.